The Morgan fingerprint density at radius 3 is 2.06 bits per heavy atom. The molecule has 0 aromatic heterocycles. The van der Waals surface area contributed by atoms with E-state index in [2.05, 4.69) is 0 Å². The molecule has 0 bridgehead atoms. The first kappa shape index (κ1) is 12.6. The molecule has 0 aliphatic carbocycles. The van der Waals surface area contributed by atoms with Crippen molar-refractivity contribution in [2.24, 2.45) is 5.73 Å². The van der Waals surface area contributed by atoms with Gasteiger partial charge in [-0.15, -0.1) is 0 Å². The summed E-state index contributed by atoms with van der Waals surface area (Å²) < 4.78 is 34.9. The average Bonchev–Trinajstić information content (AvgIpc) is 2.17. The lowest BCUT2D eigenvalue weighted by Crippen LogP contribution is -2.45. The van der Waals surface area contributed by atoms with Crippen LogP contribution in [0.4, 0.5) is 4.39 Å². The molecule has 88 valence electrons. The molecule has 0 radical (unpaired) electrons. The first-order chi connectivity index (χ1) is 7.19. The monoisotopic (exact) mass is 245 g/mol. The first-order valence-electron chi connectivity index (χ1n) is 4.49. The molecule has 1 aromatic carbocycles. The Balaban J connectivity index is 3.33. The zero-order valence-electron chi connectivity index (χ0n) is 8.90. The molecular weight excluding hydrogens is 233 g/mol. The van der Waals surface area contributed by atoms with E-state index in [1.54, 1.807) is 0 Å². The molecule has 0 fully saturated rings. The minimum Gasteiger partial charge on any atom is -0.368 e. The highest BCUT2D eigenvalue weighted by atomic mass is 32.2. The molecule has 16 heavy (non-hydrogen) atoms. The number of hydrogen-bond donors (Lipinski definition) is 1. The summed E-state index contributed by atoms with van der Waals surface area (Å²) >= 11 is 0. The third-order valence-corrected chi connectivity index (χ3v) is 4.83. The van der Waals surface area contributed by atoms with E-state index in [4.69, 9.17) is 5.73 Å². The number of rotatable bonds is 3. The molecule has 0 atom stereocenters. The maximum Gasteiger partial charge on any atom is 0.238 e. The van der Waals surface area contributed by atoms with Gasteiger partial charge in [0.25, 0.3) is 0 Å². The zero-order valence-corrected chi connectivity index (χ0v) is 9.71. The van der Waals surface area contributed by atoms with E-state index in [1.165, 1.54) is 13.8 Å². The molecule has 1 aromatic rings. The van der Waals surface area contributed by atoms with Gasteiger partial charge in [-0.2, -0.15) is 0 Å². The van der Waals surface area contributed by atoms with Crippen LogP contribution in [0.2, 0.25) is 0 Å². The Morgan fingerprint density at radius 1 is 1.25 bits per heavy atom. The van der Waals surface area contributed by atoms with Crippen molar-refractivity contribution in [2.75, 3.05) is 0 Å². The summed E-state index contributed by atoms with van der Waals surface area (Å²) in [7, 11) is -3.90. The molecule has 0 aliphatic heterocycles. The van der Waals surface area contributed by atoms with Gasteiger partial charge in [-0.05, 0) is 38.1 Å². The van der Waals surface area contributed by atoms with Crippen molar-refractivity contribution in [3.05, 3.63) is 30.1 Å². The molecule has 2 N–H and O–H groups in total. The lowest BCUT2D eigenvalue weighted by atomic mass is 10.2. The second kappa shape index (κ2) is 3.86. The largest absolute Gasteiger partial charge is 0.368 e. The molecule has 0 saturated carbocycles. The van der Waals surface area contributed by atoms with Crippen molar-refractivity contribution >= 4 is 15.7 Å². The van der Waals surface area contributed by atoms with Crippen LogP contribution >= 0.6 is 0 Å². The van der Waals surface area contributed by atoms with E-state index in [0.717, 1.165) is 24.3 Å². The quantitative estimate of drug-likeness (QED) is 0.802. The van der Waals surface area contributed by atoms with Gasteiger partial charge in [0.2, 0.25) is 5.91 Å². The Labute approximate surface area is 93.2 Å². The number of primary amides is 1. The van der Waals surface area contributed by atoms with Gasteiger partial charge in [-0.1, -0.05) is 0 Å². The van der Waals surface area contributed by atoms with Crippen LogP contribution in [-0.2, 0) is 14.6 Å². The fourth-order valence-corrected chi connectivity index (χ4v) is 2.39. The summed E-state index contributed by atoms with van der Waals surface area (Å²) in [6.07, 6.45) is 0. The minimum absolute atomic E-state index is 0.127. The highest BCUT2D eigenvalue weighted by Gasteiger charge is 2.41. The molecule has 4 nitrogen and oxygen atoms in total. The maximum atomic E-state index is 12.6. The number of carbonyl (C=O) groups is 1. The summed E-state index contributed by atoms with van der Waals surface area (Å²) in [6.45, 7) is 2.43. The predicted octanol–water partition coefficient (Wildman–Crippen LogP) is 0.863. The molecule has 0 aliphatic rings. The fraction of sp³-hybridized carbons (Fsp3) is 0.300. The van der Waals surface area contributed by atoms with Crippen LogP contribution in [0.25, 0.3) is 0 Å². The second-order valence-electron chi connectivity index (χ2n) is 3.83. The van der Waals surface area contributed by atoms with Crippen molar-refractivity contribution in [3.8, 4) is 0 Å². The molecule has 6 heteroatoms. The molecule has 0 heterocycles. The van der Waals surface area contributed by atoms with Gasteiger partial charge in [0.15, 0.2) is 9.84 Å². The lowest BCUT2D eigenvalue weighted by molar-refractivity contribution is -0.119. The smallest absolute Gasteiger partial charge is 0.238 e. The summed E-state index contributed by atoms with van der Waals surface area (Å²) in [4.78, 5) is 10.9. The van der Waals surface area contributed by atoms with Crippen molar-refractivity contribution in [1.29, 1.82) is 0 Å². The highest BCUT2D eigenvalue weighted by Crippen LogP contribution is 2.25. The van der Waals surface area contributed by atoms with Gasteiger partial charge >= 0.3 is 0 Å². The molecule has 0 unspecified atom stereocenters. The van der Waals surface area contributed by atoms with E-state index in [9.17, 15) is 17.6 Å². The van der Waals surface area contributed by atoms with Gasteiger partial charge in [0.1, 0.15) is 10.6 Å². The number of sulfone groups is 1. The average molecular weight is 245 g/mol. The van der Waals surface area contributed by atoms with Crippen molar-refractivity contribution < 1.29 is 17.6 Å². The van der Waals surface area contributed by atoms with Crippen molar-refractivity contribution in [2.45, 2.75) is 23.5 Å². The maximum absolute atomic E-state index is 12.6. The Hall–Kier alpha value is -1.43. The number of benzene rings is 1. The molecule has 0 spiro atoms. The fourth-order valence-electron chi connectivity index (χ4n) is 1.04. The lowest BCUT2D eigenvalue weighted by Gasteiger charge is -2.20. The van der Waals surface area contributed by atoms with Gasteiger partial charge in [-0.25, -0.2) is 12.8 Å². The van der Waals surface area contributed by atoms with Crippen LogP contribution in [0.3, 0.4) is 0 Å². The van der Waals surface area contributed by atoms with Gasteiger partial charge in [0, 0.05) is 0 Å². The van der Waals surface area contributed by atoms with Crippen LogP contribution in [0.15, 0.2) is 29.2 Å². The standard InChI is InChI=1S/C10H12FNO3S/c1-10(2,9(12)13)16(14,15)8-5-3-7(11)4-6-8/h3-6H,1-2H3,(H2,12,13). The first-order valence-corrected chi connectivity index (χ1v) is 5.98. The molecule has 1 rings (SSSR count). The van der Waals surface area contributed by atoms with E-state index >= 15 is 0 Å². The SMILES string of the molecule is CC(C)(C(N)=O)S(=O)(=O)c1ccc(F)cc1. The van der Waals surface area contributed by atoms with Gasteiger partial charge < -0.3 is 5.73 Å². The molecular formula is C10H12FNO3S. The zero-order chi connectivity index (χ0) is 12.6. The predicted molar refractivity (Wildman–Crippen MR) is 56.9 cm³/mol. The third-order valence-electron chi connectivity index (χ3n) is 2.39. The van der Waals surface area contributed by atoms with Crippen LogP contribution in [0, 0.1) is 5.82 Å². The molecule has 1 amide bonds. The van der Waals surface area contributed by atoms with E-state index in [0.29, 0.717) is 0 Å². The number of carbonyl (C=O) groups excluding carboxylic acids is 1. The summed E-state index contributed by atoms with van der Waals surface area (Å²) in [5.74, 6) is -1.49. The number of amides is 1. The van der Waals surface area contributed by atoms with E-state index < -0.39 is 26.3 Å². The van der Waals surface area contributed by atoms with Gasteiger partial charge in [-0.3, -0.25) is 4.79 Å². The number of halogens is 1. The highest BCUT2D eigenvalue weighted by molar-refractivity contribution is 7.93. The number of hydrogen-bond acceptors (Lipinski definition) is 3. The summed E-state index contributed by atoms with van der Waals surface area (Å²) in [5.41, 5.74) is 5.03. The van der Waals surface area contributed by atoms with E-state index in [-0.39, 0.29) is 4.90 Å². The van der Waals surface area contributed by atoms with Crippen LogP contribution in [0.1, 0.15) is 13.8 Å². The topological polar surface area (TPSA) is 77.2 Å². The van der Waals surface area contributed by atoms with E-state index in [1.807, 2.05) is 0 Å². The van der Waals surface area contributed by atoms with Crippen LogP contribution in [-0.4, -0.2) is 19.1 Å². The summed E-state index contributed by atoms with van der Waals surface area (Å²) in [5, 5.41) is 0. The Kier molecular flexibility index (Phi) is 3.05. The van der Waals surface area contributed by atoms with Crippen LogP contribution < -0.4 is 5.73 Å². The van der Waals surface area contributed by atoms with Crippen LogP contribution in [0.5, 0.6) is 0 Å². The Morgan fingerprint density at radius 2 is 1.69 bits per heavy atom. The third kappa shape index (κ3) is 1.92. The Bertz CT molecular complexity index is 505. The second-order valence-corrected chi connectivity index (χ2v) is 6.33. The van der Waals surface area contributed by atoms with Crippen molar-refractivity contribution in [3.63, 3.8) is 0 Å². The number of nitrogens with two attached hydrogens (primary N) is 1. The minimum atomic E-state index is -3.90. The summed E-state index contributed by atoms with van der Waals surface area (Å²) in [6, 6.07) is 4.25. The normalized spacial score (nSPS) is 12.4. The van der Waals surface area contributed by atoms with Crippen molar-refractivity contribution in [1.82, 2.24) is 0 Å². The van der Waals surface area contributed by atoms with Gasteiger partial charge in [0.05, 0.1) is 4.90 Å². The molecule has 0 saturated heterocycles.